The van der Waals surface area contributed by atoms with Crippen molar-refractivity contribution in [3.63, 3.8) is 0 Å². The molecule has 0 amide bonds. The lowest BCUT2D eigenvalue weighted by Gasteiger charge is -2.25. The molecule has 3 aromatic heterocycles. The Morgan fingerprint density at radius 1 is 0.299 bits per heavy atom. The minimum Gasteiger partial charge on any atom is -0.311 e. The molecule has 0 saturated heterocycles. The molecule has 0 aliphatic carbocycles. The number of aromatic nitrogens is 4. The Morgan fingerprint density at radius 3 is 1.12 bits per heavy atom. The number of pyridine rings is 1. The zero-order valence-corrected chi connectivity index (χ0v) is 36.4. The predicted octanol–water partition coefficient (Wildman–Crippen LogP) is 16.1. The normalized spacial score (nSPS) is 11.3. The highest BCUT2D eigenvalue weighted by Crippen LogP contribution is 2.41. The van der Waals surface area contributed by atoms with E-state index in [1.165, 1.54) is 10.8 Å². The fourth-order valence-corrected chi connectivity index (χ4v) is 9.32. The first kappa shape index (κ1) is 39.5. The van der Waals surface area contributed by atoms with Gasteiger partial charge in [-0.1, -0.05) is 121 Å². The van der Waals surface area contributed by atoms with Gasteiger partial charge >= 0.3 is 0 Å². The molecule has 12 rings (SSSR count). The van der Waals surface area contributed by atoms with Crippen molar-refractivity contribution in [1.82, 2.24) is 19.7 Å². The summed E-state index contributed by atoms with van der Waals surface area (Å²) >= 11 is 0. The van der Waals surface area contributed by atoms with Crippen molar-refractivity contribution in [3.8, 4) is 39.1 Å². The third kappa shape index (κ3) is 7.52. The molecule has 67 heavy (non-hydrogen) atoms. The summed E-state index contributed by atoms with van der Waals surface area (Å²) < 4.78 is 2.39. The highest BCUT2D eigenvalue weighted by atomic mass is 15.1. The number of rotatable bonds is 10. The topological polar surface area (TPSA) is 50.1 Å². The van der Waals surface area contributed by atoms with Crippen molar-refractivity contribution in [3.05, 3.63) is 255 Å². The molecule has 316 valence electrons. The van der Waals surface area contributed by atoms with Gasteiger partial charge < -0.3 is 14.4 Å². The standard InChI is InChI=1S/C61H42N6/c1-5-13-50(14-6-1)65(51-15-7-2-8-16-51)54-29-21-43(22-30-54)46-27-35-60-57(38-46)58-39-47(44-23-31-55(32-24-44)66(52-17-9-3-10-18-52)53-19-11-4-12-20-53)28-36-61(58)67(60)56-33-25-45(26-34-56)48-37-49-41-63-64-42-59(49)62-40-48/h1-42H. The van der Waals surface area contributed by atoms with Crippen molar-refractivity contribution in [2.75, 3.05) is 9.80 Å². The molecule has 6 nitrogen and oxygen atoms in total. The molecule has 0 atom stereocenters. The molecule has 0 N–H and O–H groups in total. The van der Waals surface area contributed by atoms with Crippen molar-refractivity contribution >= 4 is 66.8 Å². The summed E-state index contributed by atoms with van der Waals surface area (Å²) in [6.07, 6.45) is 5.36. The molecule has 0 unspecified atom stereocenters. The van der Waals surface area contributed by atoms with Crippen LogP contribution in [0.1, 0.15) is 0 Å². The Bertz CT molecular complexity index is 3390. The van der Waals surface area contributed by atoms with Crippen LogP contribution in [0.15, 0.2) is 255 Å². The fourth-order valence-electron chi connectivity index (χ4n) is 9.32. The molecule has 9 aromatic carbocycles. The Kier molecular flexibility index (Phi) is 10.1. The molecule has 12 aromatic rings. The number of benzene rings is 9. The van der Waals surface area contributed by atoms with E-state index in [1.807, 2.05) is 6.20 Å². The van der Waals surface area contributed by atoms with Gasteiger partial charge in [0.1, 0.15) is 0 Å². The van der Waals surface area contributed by atoms with Crippen molar-refractivity contribution < 1.29 is 0 Å². The molecule has 0 radical (unpaired) electrons. The Balaban J connectivity index is 0.952. The number of hydrogen-bond donors (Lipinski definition) is 0. The van der Waals surface area contributed by atoms with Crippen LogP contribution in [-0.4, -0.2) is 19.7 Å². The zero-order valence-electron chi connectivity index (χ0n) is 36.4. The van der Waals surface area contributed by atoms with Crippen LogP contribution in [0, 0.1) is 0 Å². The third-order valence-corrected chi connectivity index (χ3v) is 12.6. The molecular formula is C61H42N6. The van der Waals surface area contributed by atoms with Gasteiger partial charge in [0.15, 0.2) is 0 Å². The van der Waals surface area contributed by atoms with Gasteiger partial charge in [-0.05, 0) is 143 Å². The van der Waals surface area contributed by atoms with Crippen LogP contribution in [-0.2, 0) is 0 Å². The summed E-state index contributed by atoms with van der Waals surface area (Å²) in [7, 11) is 0. The van der Waals surface area contributed by atoms with Gasteiger partial charge in [-0.15, -0.1) is 0 Å². The van der Waals surface area contributed by atoms with E-state index < -0.39 is 0 Å². The summed E-state index contributed by atoms with van der Waals surface area (Å²) in [6.45, 7) is 0. The van der Waals surface area contributed by atoms with Gasteiger partial charge in [-0.25, -0.2) is 0 Å². The molecule has 0 bridgehead atoms. The fraction of sp³-hybridized carbons (Fsp3) is 0. The lowest BCUT2D eigenvalue weighted by atomic mass is 9.99. The second-order valence-corrected chi connectivity index (χ2v) is 16.6. The van der Waals surface area contributed by atoms with Gasteiger partial charge in [0.05, 0.1) is 28.9 Å². The Labute approximate surface area is 388 Å². The van der Waals surface area contributed by atoms with Crippen LogP contribution in [0.5, 0.6) is 0 Å². The number of nitrogens with zero attached hydrogens (tertiary/aromatic N) is 6. The van der Waals surface area contributed by atoms with Crippen LogP contribution >= 0.6 is 0 Å². The zero-order chi connectivity index (χ0) is 44.5. The van der Waals surface area contributed by atoms with Crippen molar-refractivity contribution in [1.29, 1.82) is 0 Å². The molecule has 0 aliphatic rings. The minimum absolute atomic E-state index is 0.828. The maximum Gasteiger partial charge on any atom is 0.0919 e. The average Bonchev–Trinajstić information content (AvgIpc) is 3.73. The van der Waals surface area contributed by atoms with Gasteiger partial charge in [-0.3, -0.25) is 4.98 Å². The summed E-state index contributed by atoms with van der Waals surface area (Å²) in [5.74, 6) is 0. The molecule has 3 heterocycles. The van der Waals surface area contributed by atoms with Crippen LogP contribution < -0.4 is 9.80 Å². The quantitative estimate of drug-likeness (QED) is 0.137. The largest absolute Gasteiger partial charge is 0.311 e. The average molecular weight is 859 g/mol. The lowest BCUT2D eigenvalue weighted by Crippen LogP contribution is -2.09. The maximum atomic E-state index is 4.65. The molecular weight excluding hydrogens is 817 g/mol. The van der Waals surface area contributed by atoms with Gasteiger partial charge in [0.2, 0.25) is 0 Å². The monoisotopic (exact) mass is 858 g/mol. The number of fused-ring (bicyclic) bond motifs is 4. The van der Waals surface area contributed by atoms with Gasteiger partial charge in [-0.2, -0.15) is 10.2 Å². The first-order valence-corrected chi connectivity index (χ1v) is 22.5. The second-order valence-electron chi connectivity index (χ2n) is 16.6. The van der Waals surface area contributed by atoms with Crippen LogP contribution in [0.25, 0.3) is 71.8 Å². The SMILES string of the molecule is c1ccc(N(c2ccccc2)c2ccc(-c3ccc4c(c3)c3cc(-c5ccc(N(c6ccccc6)c6ccccc6)cc5)ccc3n4-c3ccc(-c4cnc5cnncc5c4)cc3)cc2)cc1. The van der Waals surface area contributed by atoms with Crippen LogP contribution in [0.2, 0.25) is 0 Å². The highest BCUT2D eigenvalue weighted by Gasteiger charge is 2.18. The Hall–Kier alpha value is -9.13. The number of hydrogen-bond acceptors (Lipinski definition) is 5. The smallest absolute Gasteiger partial charge is 0.0919 e. The second kappa shape index (κ2) is 17.1. The first-order chi connectivity index (χ1) is 33.2. The van der Waals surface area contributed by atoms with Crippen molar-refractivity contribution in [2.24, 2.45) is 0 Å². The van der Waals surface area contributed by atoms with Crippen LogP contribution in [0.4, 0.5) is 34.1 Å². The Morgan fingerprint density at radius 2 is 0.672 bits per heavy atom. The predicted molar refractivity (Wildman–Crippen MR) is 277 cm³/mol. The van der Waals surface area contributed by atoms with E-state index in [0.717, 1.165) is 95.1 Å². The van der Waals surface area contributed by atoms with Gasteiger partial charge in [0, 0.05) is 67.7 Å². The molecule has 6 heteroatoms. The molecule has 0 aliphatic heterocycles. The summed E-state index contributed by atoms with van der Waals surface area (Å²) in [4.78, 5) is 9.24. The maximum absolute atomic E-state index is 4.65. The third-order valence-electron chi connectivity index (χ3n) is 12.6. The van der Waals surface area contributed by atoms with E-state index in [-0.39, 0.29) is 0 Å². The van der Waals surface area contributed by atoms with Gasteiger partial charge in [0.25, 0.3) is 0 Å². The lowest BCUT2D eigenvalue weighted by molar-refractivity contribution is 1.04. The minimum atomic E-state index is 0.828. The van der Waals surface area contributed by atoms with E-state index in [2.05, 4.69) is 266 Å². The number of para-hydroxylation sites is 4. The molecule has 0 spiro atoms. The van der Waals surface area contributed by atoms with E-state index in [4.69, 9.17) is 0 Å². The van der Waals surface area contributed by atoms with E-state index >= 15 is 0 Å². The number of anilines is 6. The summed E-state index contributed by atoms with van der Waals surface area (Å²) in [5, 5.41) is 11.4. The molecule has 0 fully saturated rings. The van der Waals surface area contributed by atoms with Crippen LogP contribution in [0.3, 0.4) is 0 Å². The molecule has 0 saturated carbocycles. The van der Waals surface area contributed by atoms with E-state index in [1.54, 1.807) is 12.4 Å². The van der Waals surface area contributed by atoms with E-state index in [0.29, 0.717) is 0 Å². The summed E-state index contributed by atoms with van der Waals surface area (Å²) in [5.41, 5.74) is 17.6. The van der Waals surface area contributed by atoms with Crippen molar-refractivity contribution in [2.45, 2.75) is 0 Å². The summed E-state index contributed by atoms with van der Waals surface area (Å²) in [6, 6.07) is 84.7. The first-order valence-electron chi connectivity index (χ1n) is 22.5. The van der Waals surface area contributed by atoms with E-state index in [9.17, 15) is 0 Å². The highest BCUT2D eigenvalue weighted by molar-refractivity contribution is 6.11.